The van der Waals surface area contributed by atoms with E-state index < -0.39 is 0 Å². The summed E-state index contributed by atoms with van der Waals surface area (Å²) in [7, 11) is 0. The lowest BCUT2D eigenvalue weighted by atomic mass is 9.97. The average molecular weight is 221 g/mol. The van der Waals surface area contributed by atoms with Crippen LogP contribution in [-0.4, -0.2) is 25.4 Å². The van der Waals surface area contributed by atoms with Crippen LogP contribution in [0.2, 0.25) is 0 Å². The van der Waals surface area contributed by atoms with Crippen LogP contribution >= 0.6 is 0 Å². The van der Waals surface area contributed by atoms with Gasteiger partial charge in [-0.15, -0.1) is 0 Å². The fourth-order valence-corrected chi connectivity index (χ4v) is 1.45. The summed E-state index contributed by atoms with van der Waals surface area (Å²) in [5, 5.41) is 8.57. The molecule has 0 radical (unpaired) electrons. The molecule has 2 N–H and O–H groups in total. The summed E-state index contributed by atoms with van der Waals surface area (Å²) < 4.78 is 0. The van der Waals surface area contributed by atoms with E-state index >= 15 is 0 Å². The molecule has 0 heterocycles. The van der Waals surface area contributed by atoms with Gasteiger partial charge in [-0.25, -0.2) is 0 Å². The number of carbonyl (C=O) groups excluding carboxylic acids is 2. The molecular formula is C9H11N5O2. The molecule has 84 valence electrons. The minimum absolute atomic E-state index is 0.201. The monoisotopic (exact) mass is 221 g/mol. The second kappa shape index (κ2) is 6.26. The van der Waals surface area contributed by atoms with Crippen LogP contribution in [0.4, 0.5) is 0 Å². The lowest BCUT2D eigenvalue weighted by Gasteiger charge is -2.23. The van der Waals surface area contributed by atoms with Crippen molar-refractivity contribution in [3.63, 3.8) is 0 Å². The summed E-state index contributed by atoms with van der Waals surface area (Å²) in [5.41, 5.74) is 9.73. The molecule has 1 rings (SSSR count). The molecule has 0 saturated carbocycles. The van der Waals surface area contributed by atoms with E-state index in [2.05, 4.69) is 20.7 Å². The molecule has 0 aromatic heterocycles. The number of nitrogens with zero attached hydrogens (tertiary/aromatic N) is 3. The Kier molecular flexibility index (Phi) is 4.62. The number of allylic oxidation sites excluding steroid dienone is 2. The minimum atomic E-state index is -0.240. The largest absolute Gasteiger partial charge is 0.352 e. The number of amides is 2. The highest BCUT2D eigenvalue weighted by Crippen LogP contribution is 2.17. The number of hydrogen-bond acceptors (Lipinski definition) is 3. The first-order chi connectivity index (χ1) is 7.81. The van der Waals surface area contributed by atoms with Gasteiger partial charge < -0.3 is 10.6 Å². The molecule has 1 unspecified atom stereocenters. The van der Waals surface area contributed by atoms with Gasteiger partial charge in [-0.3, -0.25) is 9.59 Å². The number of nitrogens with one attached hydrogen (secondary N) is 2. The maximum absolute atomic E-state index is 10.4. The lowest BCUT2D eigenvalue weighted by Crippen LogP contribution is -2.34. The standard InChI is InChI=1S/C9H11N5O2/c10-14-13-4-7-1-2-8(11-5-15)3-9(7)12-6-16/h1-2,5-6,9H,3-4H2,(H,11,15)(H,12,16). The number of rotatable bonds is 6. The van der Waals surface area contributed by atoms with E-state index in [0.717, 1.165) is 5.57 Å². The van der Waals surface area contributed by atoms with E-state index in [0.29, 0.717) is 24.9 Å². The summed E-state index contributed by atoms with van der Waals surface area (Å²) in [6.07, 6.45) is 5.09. The minimum Gasteiger partial charge on any atom is -0.352 e. The fraction of sp³-hybridized carbons (Fsp3) is 0.333. The van der Waals surface area contributed by atoms with Gasteiger partial charge in [0.15, 0.2) is 0 Å². The van der Waals surface area contributed by atoms with Gasteiger partial charge in [0.2, 0.25) is 12.8 Å². The van der Waals surface area contributed by atoms with Crippen molar-refractivity contribution in [2.45, 2.75) is 12.5 Å². The highest BCUT2D eigenvalue weighted by atomic mass is 16.1. The van der Waals surface area contributed by atoms with Crippen LogP contribution in [0.1, 0.15) is 6.42 Å². The van der Waals surface area contributed by atoms with E-state index in [1.54, 1.807) is 12.2 Å². The van der Waals surface area contributed by atoms with Crippen LogP contribution in [0.25, 0.3) is 10.4 Å². The van der Waals surface area contributed by atoms with Crippen molar-refractivity contribution in [1.29, 1.82) is 0 Å². The molecule has 7 heteroatoms. The SMILES string of the molecule is [N-]=[N+]=NCC1=CC=C(NC=O)CC1NC=O. The summed E-state index contributed by atoms with van der Waals surface area (Å²) in [6, 6.07) is -0.240. The van der Waals surface area contributed by atoms with Crippen molar-refractivity contribution in [2.75, 3.05) is 6.54 Å². The molecule has 0 aromatic rings. The van der Waals surface area contributed by atoms with E-state index in [4.69, 9.17) is 5.53 Å². The van der Waals surface area contributed by atoms with Gasteiger partial charge in [0.25, 0.3) is 0 Å². The van der Waals surface area contributed by atoms with Crippen molar-refractivity contribution < 1.29 is 9.59 Å². The van der Waals surface area contributed by atoms with Crippen LogP contribution < -0.4 is 10.6 Å². The third-order valence-corrected chi connectivity index (χ3v) is 2.20. The zero-order valence-electron chi connectivity index (χ0n) is 8.46. The van der Waals surface area contributed by atoms with E-state index in [-0.39, 0.29) is 12.6 Å². The molecule has 0 aromatic carbocycles. The van der Waals surface area contributed by atoms with Gasteiger partial charge in [0.05, 0.1) is 6.04 Å². The summed E-state index contributed by atoms with van der Waals surface area (Å²) in [6.45, 7) is 0.201. The number of carbonyl (C=O) groups is 2. The second-order valence-corrected chi connectivity index (χ2v) is 3.13. The normalized spacial score (nSPS) is 18.6. The molecule has 1 aliphatic rings. The van der Waals surface area contributed by atoms with Crippen LogP contribution in [0.3, 0.4) is 0 Å². The van der Waals surface area contributed by atoms with Crippen molar-refractivity contribution in [2.24, 2.45) is 5.11 Å². The maximum Gasteiger partial charge on any atom is 0.211 e. The van der Waals surface area contributed by atoms with Gasteiger partial charge in [-0.1, -0.05) is 11.2 Å². The van der Waals surface area contributed by atoms with Crippen LogP contribution in [0.5, 0.6) is 0 Å². The third kappa shape index (κ3) is 3.14. The molecule has 0 bridgehead atoms. The van der Waals surface area contributed by atoms with E-state index in [1.165, 1.54) is 0 Å². The Morgan fingerprint density at radius 1 is 1.50 bits per heavy atom. The van der Waals surface area contributed by atoms with E-state index in [1.807, 2.05) is 0 Å². The van der Waals surface area contributed by atoms with Crippen molar-refractivity contribution >= 4 is 12.8 Å². The van der Waals surface area contributed by atoms with Crippen LogP contribution in [-0.2, 0) is 9.59 Å². The topological polar surface area (TPSA) is 107 Å². The Hall–Kier alpha value is -2.27. The quantitative estimate of drug-likeness (QED) is 0.292. The molecule has 1 aliphatic carbocycles. The molecule has 16 heavy (non-hydrogen) atoms. The molecule has 7 nitrogen and oxygen atoms in total. The first-order valence-corrected chi connectivity index (χ1v) is 4.62. The molecule has 0 saturated heterocycles. The Bertz CT molecular complexity index is 381. The molecule has 1 atom stereocenters. The first kappa shape index (κ1) is 11.8. The maximum atomic E-state index is 10.4. The summed E-state index contributed by atoms with van der Waals surface area (Å²) in [4.78, 5) is 23.3. The van der Waals surface area contributed by atoms with Gasteiger partial charge in [-0.05, 0) is 17.2 Å². The summed E-state index contributed by atoms with van der Waals surface area (Å²) in [5.74, 6) is 0. The molecule has 0 spiro atoms. The summed E-state index contributed by atoms with van der Waals surface area (Å²) >= 11 is 0. The van der Waals surface area contributed by atoms with Gasteiger partial charge in [0.1, 0.15) is 0 Å². The highest BCUT2D eigenvalue weighted by Gasteiger charge is 2.17. The van der Waals surface area contributed by atoms with E-state index in [9.17, 15) is 9.59 Å². The lowest BCUT2D eigenvalue weighted by molar-refractivity contribution is -0.110. The predicted molar refractivity (Wildman–Crippen MR) is 57.0 cm³/mol. The Balaban J connectivity index is 2.78. The zero-order chi connectivity index (χ0) is 11.8. The van der Waals surface area contributed by atoms with Gasteiger partial charge >= 0.3 is 0 Å². The Labute approximate surface area is 91.8 Å². The highest BCUT2D eigenvalue weighted by molar-refractivity contribution is 5.53. The number of azide groups is 1. The van der Waals surface area contributed by atoms with Crippen LogP contribution in [0, 0.1) is 0 Å². The molecule has 0 aliphatic heterocycles. The molecule has 0 fully saturated rings. The first-order valence-electron chi connectivity index (χ1n) is 4.62. The van der Waals surface area contributed by atoms with Crippen molar-refractivity contribution in [1.82, 2.24) is 10.6 Å². The average Bonchev–Trinajstić information content (AvgIpc) is 2.29. The smallest absolute Gasteiger partial charge is 0.211 e. The molecular weight excluding hydrogens is 210 g/mol. The van der Waals surface area contributed by atoms with Crippen LogP contribution in [0.15, 0.2) is 28.5 Å². The zero-order valence-corrected chi connectivity index (χ0v) is 8.46. The third-order valence-electron chi connectivity index (χ3n) is 2.20. The predicted octanol–water partition coefficient (Wildman–Crippen LogP) is 0.371. The van der Waals surface area contributed by atoms with Crippen molar-refractivity contribution in [3.8, 4) is 0 Å². The fourth-order valence-electron chi connectivity index (χ4n) is 1.45. The van der Waals surface area contributed by atoms with Gasteiger partial charge in [-0.2, -0.15) is 0 Å². The molecule has 2 amide bonds. The Morgan fingerprint density at radius 3 is 2.94 bits per heavy atom. The number of hydrogen-bond donors (Lipinski definition) is 2. The van der Waals surface area contributed by atoms with Crippen molar-refractivity contribution in [3.05, 3.63) is 33.9 Å². The van der Waals surface area contributed by atoms with Gasteiger partial charge in [0, 0.05) is 23.6 Å². The Morgan fingerprint density at radius 2 is 2.31 bits per heavy atom. The second-order valence-electron chi connectivity index (χ2n) is 3.13.